The van der Waals surface area contributed by atoms with Crippen LogP contribution in [-0.4, -0.2) is 62.9 Å². The quantitative estimate of drug-likeness (QED) is 0.603. The van der Waals surface area contributed by atoms with E-state index in [1.165, 1.54) is 17.7 Å². The predicted octanol–water partition coefficient (Wildman–Crippen LogP) is 1.98. The fourth-order valence-corrected chi connectivity index (χ4v) is 4.27. The number of nitrogens with zero attached hydrogens (tertiary/aromatic N) is 5. The largest absolute Gasteiger partial charge is 0.382 e. The van der Waals surface area contributed by atoms with Crippen LogP contribution in [0.2, 0.25) is 0 Å². The molecular weight excluding hydrogens is 380 g/mol. The van der Waals surface area contributed by atoms with Gasteiger partial charge in [0.25, 0.3) is 5.91 Å². The molecule has 1 amide bonds. The topological polar surface area (TPSA) is 104 Å². The average molecular weight is 402 g/mol. The van der Waals surface area contributed by atoms with Crippen molar-refractivity contribution in [1.29, 1.82) is 0 Å². The molecule has 0 atom stereocenters. The minimum atomic E-state index is -0.183. The third kappa shape index (κ3) is 4.18. The maximum atomic E-state index is 12.8. The van der Waals surface area contributed by atoms with E-state index < -0.39 is 0 Å². The lowest BCUT2D eigenvalue weighted by Gasteiger charge is -2.29. The van der Waals surface area contributed by atoms with Crippen molar-refractivity contribution in [3.63, 3.8) is 0 Å². The number of aromatic nitrogens is 5. The molecule has 1 saturated carbocycles. The van der Waals surface area contributed by atoms with Gasteiger partial charge in [0.2, 0.25) is 0 Å². The third-order valence-electron chi connectivity index (χ3n) is 4.77. The molecule has 0 aliphatic heterocycles. The molecule has 1 aliphatic rings. The summed E-state index contributed by atoms with van der Waals surface area (Å²) in [7, 11) is 1.67. The molecule has 1 aliphatic carbocycles. The van der Waals surface area contributed by atoms with Gasteiger partial charge in [-0.2, -0.15) is 4.98 Å². The van der Waals surface area contributed by atoms with Gasteiger partial charge in [-0.15, -0.1) is 0 Å². The predicted molar refractivity (Wildman–Crippen MR) is 104 cm³/mol. The first-order valence-corrected chi connectivity index (χ1v) is 10.1. The van der Waals surface area contributed by atoms with Crippen molar-refractivity contribution in [2.24, 2.45) is 0 Å². The Bertz CT molecular complexity index is 921. The molecule has 0 unspecified atom stereocenters. The van der Waals surface area contributed by atoms with E-state index in [4.69, 9.17) is 9.47 Å². The number of carbonyl (C=O) groups excluding carboxylic acids is 1. The van der Waals surface area contributed by atoms with Crippen molar-refractivity contribution in [3.05, 3.63) is 30.7 Å². The number of thiazole rings is 1. The van der Waals surface area contributed by atoms with E-state index in [9.17, 15) is 4.79 Å². The molecule has 10 heteroatoms. The van der Waals surface area contributed by atoms with Crippen molar-refractivity contribution < 1.29 is 14.3 Å². The Hall–Kier alpha value is -2.43. The SMILES string of the molecule is COCCOC1CCC(NC(=O)c2ncnc3nc(-n4ccnc4)sc23)CC1. The smallest absolute Gasteiger partial charge is 0.271 e. The number of nitrogens with one attached hydrogen (secondary N) is 1. The molecule has 0 aromatic carbocycles. The number of hydrogen-bond donors (Lipinski definition) is 1. The summed E-state index contributed by atoms with van der Waals surface area (Å²) >= 11 is 1.38. The van der Waals surface area contributed by atoms with Crippen LogP contribution in [0.3, 0.4) is 0 Å². The Balaban J connectivity index is 1.41. The van der Waals surface area contributed by atoms with Gasteiger partial charge in [0.1, 0.15) is 17.4 Å². The van der Waals surface area contributed by atoms with Crippen LogP contribution in [0, 0.1) is 0 Å². The number of amides is 1. The highest BCUT2D eigenvalue weighted by molar-refractivity contribution is 7.21. The van der Waals surface area contributed by atoms with Gasteiger partial charge in [-0.25, -0.2) is 15.0 Å². The second-order valence-corrected chi connectivity index (χ2v) is 7.63. The van der Waals surface area contributed by atoms with Crippen molar-refractivity contribution in [3.8, 4) is 5.13 Å². The van der Waals surface area contributed by atoms with E-state index in [-0.39, 0.29) is 18.1 Å². The molecule has 0 saturated heterocycles. The highest BCUT2D eigenvalue weighted by Crippen LogP contribution is 2.26. The maximum Gasteiger partial charge on any atom is 0.271 e. The summed E-state index contributed by atoms with van der Waals surface area (Å²) in [6.07, 6.45) is 10.4. The molecule has 28 heavy (non-hydrogen) atoms. The number of imidazole rings is 1. The van der Waals surface area contributed by atoms with Gasteiger partial charge in [-0.3, -0.25) is 9.36 Å². The third-order valence-corrected chi connectivity index (χ3v) is 5.84. The van der Waals surface area contributed by atoms with E-state index in [1.807, 2.05) is 0 Å². The number of fused-ring (bicyclic) bond motifs is 1. The normalized spacial score (nSPS) is 19.8. The Morgan fingerprint density at radius 3 is 2.89 bits per heavy atom. The lowest BCUT2D eigenvalue weighted by atomic mass is 9.93. The molecule has 9 nitrogen and oxygen atoms in total. The lowest BCUT2D eigenvalue weighted by molar-refractivity contribution is -0.00409. The average Bonchev–Trinajstić information content (AvgIpc) is 3.38. The first-order valence-electron chi connectivity index (χ1n) is 9.26. The summed E-state index contributed by atoms with van der Waals surface area (Å²) in [6.45, 7) is 1.22. The van der Waals surface area contributed by atoms with E-state index in [1.54, 1.807) is 30.4 Å². The zero-order valence-corrected chi connectivity index (χ0v) is 16.4. The van der Waals surface area contributed by atoms with Crippen molar-refractivity contribution in [2.45, 2.75) is 37.8 Å². The van der Waals surface area contributed by atoms with E-state index in [2.05, 4.69) is 25.3 Å². The molecule has 0 spiro atoms. The van der Waals surface area contributed by atoms with Crippen LogP contribution in [0.5, 0.6) is 0 Å². The van der Waals surface area contributed by atoms with Crippen molar-refractivity contribution >= 4 is 27.6 Å². The Morgan fingerprint density at radius 1 is 1.29 bits per heavy atom. The van der Waals surface area contributed by atoms with E-state index in [0.29, 0.717) is 34.4 Å². The highest BCUT2D eigenvalue weighted by atomic mass is 32.1. The molecule has 0 bridgehead atoms. The molecule has 1 fully saturated rings. The fourth-order valence-electron chi connectivity index (χ4n) is 3.31. The first kappa shape index (κ1) is 18.9. The summed E-state index contributed by atoms with van der Waals surface area (Å²) in [5.41, 5.74) is 0.886. The molecule has 3 aromatic rings. The molecule has 148 valence electrons. The van der Waals surface area contributed by atoms with Gasteiger partial charge < -0.3 is 14.8 Å². The van der Waals surface area contributed by atoms with Gasteiger partial charge >= 0.3 is 0 Å². The molecule has 1 N–H and O–H groups in total. The maximum absolute atomic E-state index is 12.8. The van der Waals surface area contributed by atoms with Crippen LogP contribution in [-0.2, 0) is 9.47 Å². The fraction of sp³-hybridized carbons (Fsp3) is 0.500. The van der Waals surface area contributed by atoms with Crippen LogP contribution in [0.15, 0.2) is 25.0 Å². The van der Waals surface area contributed by atoms with Crippen LogP contribution in [0.1, 0.15) is 36.2 Å². The number of carbonyl (C=O) groups is 1. The van der Waals surface area contributed by atoms with Gasteiger partial charge in [0.05, 0.1) is 19.3 Å². The monoisotopic (exact) mass is 402 g/mol. The Kier molecular flexibility index (Phi) is 5.89. The number of rotatable bonds is 7. The molecular formula is C18H22N6O3S. The number of ether oxygens (including phenoxy) is 2. The Labute approximate surface area is 166 Å². The summed E-state index contributed by atoms with van der Waals surface area (Å²) in [4.78, 5) is 29.7. The second-order valence-electron chi connectivity index (χ2n) is 6.65. The first-order chi connectivity index (χ1) is 13.7. The highest BCUT2D eigenvalue weighted by Gasteiger charge is 2.25. The second kappa shape index (κ2) is 8.72. The van der Waals surface area contributed by atoms with Crippen molar-refractivity contribution in [1.82, 2.24) is 29.8 Å². The van der Waals surface area contributed by atoms with Crippen LogP contribution in [0.25, 0.3) is 15.5 Å². The molecule has 3 heterocycles. The standard InChI is InChI=1S/C18H22N6O3S/c1-26-8-9-27-13-4-2-12(3-5-13)22-17(25)14-15-16(21-10-20-14)23-18(28-15)24-7-6-19-11-24/h6-7,10-13H,2-5,8-9H2,1H3,(H,22,25). The van der Waals surface area contributed by atoms with Gasteiger partial charge in [-0.05, 0) is 25.7 Å². The van der Waals surface area contributed by atoms with E-state index in [0.717, 1.165) is 25.7 Å². The molecule has 3 aromatic heterocycles. The summed E-state index contributed by atoms with van der Waals surface area (Å²) < 4.78 is 13.3. The van der Waals surface area contributed by atoms with Gasteiger partial charge in [-0.1, -0.05) is 11.3 Å². The lowest BCUT2D eigenvalue weighted by Crippen LogP contribution is -2.39. The Morgan fingerprint density at radius 2 is 2.14 bits per heavy atom. The zero-order chi connectivity index (χ0) is 19.3. The summed E-state index contributed by atoms with van der Waals surface area (Å²) in [5.74, 6) is -0.183. The summed E-state index contributed by atoms with van der Waals surface area (Å²) in [6, 6.07) is 0.126. The number of methoxy groups -OCH3 is 1. The van der Waals surface area contributed by atoms with Gasteiger partial charge in [0.15, 0.2) is 16.5 Å². The van der Waals surface area contributed by atoms with Gasteiger partial charge in [0, 0.05) is 25.5 Å². The molecule has 4 rings (SSSR count). The van der Waals surface area contributed by atoms with Crippen molar-refractivity contribution in [2.75, 3.05) is 20.3 Å². The minimum Gasteiger partial charge on any atom is -0.382 e. The zero-order valence-electron chi connectivity index (χ0n) is 15.6. The van der Waals surface area contributed by atoms with Crippen LogP contribution < -0.4 is 5.32 Å². The minimum absolute atomic E-state index is 0.126. The number of hydrogen-bond acceptors (Lipinski definition) is 8. The summed E-state index contributed by atoms with van der Waals surface area (Å²) in [5, 5.41) is 3.81. The van der Waals surface area contributed by atoms with Crippen LogP contribution >= 0.6 is 11.3 Å². The van der Waals surface area contributed by atoms with E-state index >= 15 is 0 Å². The molecule has 0 radical (unpaired) electrons. The van der Waals surface area contributed by atoms with Crippen LogP contribution in [0.4, 0.5) is 0 Å².